The molecule has 0 fully saturated rings. The number of pyridine rings is 1. The average molecular weight is 322 g/mol. The van der Waals surface area contributed by atoms with Gasteiger partial charge in [0.05, 0.1) is 22.4 Å². The highest BCUT2D eigenvalue weighted by atomic mass is 16.3. The lowest BCUT2D eigenvalue weighted by Gasteiger charge is -2.09. The van der Waals surface area contributed by atoms with Gasteiger partial charge in [0.2, 0.25) is 0 Å². The Hall–Kier alpha value is -3.02. The van der Waals surface area contributed by atoms with Crippen LogP contribution in [-0.4, -0.2) is 26.0 Å². The van der Waals surface area contributed by atoms with Crippen molar-refractivity contribution in [3.05, 3.63) is 53.5 Å². The molecule has 0 atom stereocenters. The number of anilines is 1. The predicted octanol–water partition coefficient (Wildman–Crippen LogP) is 3.11. The molecule has 1 aromatic carbocycles. The Morgan fingerprint density at radius 2 is 1.79 bits per heavy atom. The van der Waals surface area contributed by atoms with E-state index in [2.05, 4.69) is 27.2 Å². The summed E-state index contributed by atoms with van der Waals surface area (Å²) in [5.74, 6) is -0.304. The van der Waals surface area contributed by atoms with Gasteiger partial charge >= 0.3 is 0 Å². The molecule has 0 spiro atoms. The summed E-state index contributed by atoms with van der Waals surface area (Å²) in [6.45, 7) is 4.09. The lowest BCUT2D eigenvalue weighted by atomic mass is 10.1. The van der Waals surface area contributed by atoms with Gasteiger partial charge in [0, 0.05) is 11.8 Å². The number of fused-ring (bicyclic) bond motifs is 1. The summed E-state index contributed by atoms with van der Waals surface area (Å²) in [6.07, 6.45) is 3.12. The number of hydrogen-bond donors (Lipinski definition) is 2. The standard InChI is InChI=1S/C18H18N4O2/c1-3-12-13(4-2)21-15-10-11(7-8-14(15)20-12)18(24)22-17-16(23)6-5-9-19-17/h5-10,23H,3-4H2,1-2H3,(H,19,22,24). The monoisotopic (exact) mass is 322 g/mol. The summed E-state index contributed by atoms with van der Waals surface area (Å²) in [5.41, 5.74) is 3.82. The number of nitrogens with zero attached hydrogens (tertiary/aromatic N) is 3. The zero-order chi connectivity index (χ0) is 17.1. The number of aromatic nitrogens is 3. The topological polar surface area (TPSA) is 88.0 Å². The smallest absolute Gasteiger partial charge is 0.256 e. The molecule has 2 aromatic heterocycles. The van der Waals surface area contributed by atoms with Gasteiger partial charge in [-0.1, -0.05) is 13.8 Å². The minimum Gasteiger partial charge on any atom is -0.504 e. The molecule has 0 saturated heterocycles. The lowest BCUT2D eigenvalue weighted by Crippen LogP contribution is -2.13. The summed E-state index contributed by atoms with van der Waals surface area (Å²) in [6, 6.07) is 8.24. The molecular weight excluding hydrogens is 304 g/mol. The maximum atomic E-state index is 12.4. The van der Waals surface area contributed by atoms with Crippen LogP contribution in [0.4, 0.5) is 5.82 Å². The van der Waals surface area contributed by atoms with Gasteiger partial charge < -0.3 is 10.4 Å². The number of aromatic hydroxyl groups is 1. The van der Waals surface area contributed by atoms with E-state index in [-0.39, 0.29) is 17.5 Å². The number of aryl methyl sites for hydroxylation is 2. The van der Waals surface area contributed by atoms with Crippen LogP contribution in [0.25, 0.3) is 11.0 Å². The third-order valence-electron chi connectivity index (χ3n) is 3.77. The molecule has 2 heterocycles. The molecule has 3 rings (SSSR count). The third-order valence-corrected chi connectivity index (χ3v) is 3.77. The molecule has 6 heteroatoms. The van der Waals surface area contributed by atoms with Gasteiger partial charge in [0.25, 0.3) is 5.91 Å². The highest BCUT2D eigenvalue weighted by Gasteiger charge is 2.12. The van der Waals surface area contributed by atoms with Crippen LogP contribution in [0, 0.1) is 0 Å². The fraction of sp³-hybridized carbons (Fsp3) is 0.222. The first-order chi connectivity index (χ1) is 11.6. The highest BCUT2D eigenvalue weighted by Crippen LogP contribution is 2.20. The second-order valence-corrected chi connectivity index (χ2v) is 5.35. The van der Waals surface area contributed by atoms with Crippen LogP contribution < -0.4 is 5.32 Å². The first-order valence-corrected chi connectivity index (χ1v) is 7.87. The second kappa shape index (κ2) is 6.62. The van der Waals surface area contributed by atoms with Crippen molar-refractivity contribution in [3.8, 4) is 5.75 Å². The molecule has 0 saturated carbocycles. The zero-order valence-corrected chi connectivity index (χ0v) is 13.6. The Labute approximate surface area is 139 Å². The van der Waals surface area contributed by atoms with E-state index in [1.165, 1.54) is 12.3 Å². The van der Waals surface area contributed by atoms with Crippen molar-refractivity contribution in [2.75, 3.05) is 5.32 Å². The van der Waals surface area contributed by atoms with Crippen LogP contribution in [-0.2, 0) is 12.8 Å². The second-order valence-electron chi connectivity index (χ2n) is 5.35. The van der Waals surface area contributed by atoms with E-state index in [0.717, 1.165) is 29.7 Å². The molecule has 0 aliphatic carbocycles. The summed E-state index contributed by atoms with van der Waals surface area (Å²) in [4.78, 5) is 25.6. The molecule has 2 N–H and O–H groups in total. The number of amides is 1. The quantitative estimate of drug-likeness (QED) is 0.770. The van der Waals surface area contributed by atoms with E-state index < -0.39 is 0 Å². The summed E-state index contributed by atoms with van der Waals surface area (Å²) < 4.78 is 0. The van der Waals surface area contributed by atoms with Crippen LogP contribution in [0.3, 0.4) is 0 Å². The van der Waals surface area contributed by atoms with Gasteiger partial charge in [-0.3, -0.25) is 4.79 Å². The fourth-order valence-corrected chi connectivity index (χ4v) is 2.51. The minimum absolute atomic E-state index is 0.0766. The molecule has 0 radical (unpaired) electrons. The molecular formula is C18H18N4O2. The van der Waals surface area contributed by atoms with Crippen LogP contribution in [0.5, 0.6) is 5.75 Å². The van der Waals surface area contributed by atoms with Crippen molar-refractivity contribution in [3.63, 3.8) is 0 Å². The number of rotatable bonds is 4. The maximum absolute atomic E-state index is 12.4. The Morgan fingerprint density at radius 3 is 2.46 bits per heavy atom. The molecule has 1 amide bonds. The lowest BCUT2D eigenvalue weighted by molar-refractivity contribution is 0.102. The van der Waals surface area contributed by atoms with E-state index in [1.807, 2.05) is 6.92 Å². The van der Waals surface area contributed by atoms with Crippen LogP contribution in [0.15, 0.2) is 36.5 Å². The van der Waals surface area contributed by atoms with Gasteiger partial charge in [-0.05, 0) is 43.2 Å². The van der Waals surface area contributed by atoms with E-state index in [4.69, 9.17) is 0 Å². The number of carbonyl (C=O) groups excluding carboxylic acids is 1. The van der Waals surface area contributed by atoms with Crippen LogP contribution in [0.2, 0.25) is 0 Å². The third kappa shape index (κ3) is 3.03. The molecule has 3 aromatic rings. The van der Waals surface area contributed by atoms with E-state index in [0.29, 0.717) is 11.1 Å². The van der Waals surface area contributed by atoms with Gasteiger partial charge in [-0.25, -0.2) is 15.0 Å². The van der Waals surface area contributed by atoms with Crippen molar-refractivity contribution in [1.29, 1.82) is 0 Å². The van der Waals surface area contributed by atoms with Gasteiger partial charge in [0.1, 0.15) is 0 Å². The number of hydrogen-bond acceptors (Lipinski definition) is 5. The summed E-state index contributed by atoms with van der Waals surface area (Å²) in [7, 11) is 0. The largest absolute Gasteiger partial charge is 0.504 e. The zero-order valence-electron chi connectivity index (χ0n) is 13.6. The Balaban J connectivity index is 1.95. The Bertz CT molecular complexity index is 909. The van der Waals surface area contributed by atoms with E-state index in [9.17, 15) is 9.90 Å². The normalized spacial score (nSPS) is 10.8. The van der Waals surface area contributed by atoms with Gasteiger partial charge in [-0.15, -0.1) is 0 Å². The summed E-state index contributed by atoms with van der Waals surface area (Å²) in [5, 5.41) is 12.3. The predicted molar refractivity (Wildman–Crippen MR) is 92.1 cm³/mol. The van der Waals surface area contributed by atoms with Crippen LogP contribution in [0.1, 0.15) is 35.6 Å². The first-order valence-electron chi connectivity index (χ1n) is 7.87. The number of nitrogens with one attached hydrogen (secondary N) is 1. The molecule has 0 unspecified atom stereocenters. The molecule has 0 aliphatic heterocycles. The molecule has 122 valence electrons. The first kappa shape index (κ1) is 15.9. The highest BCUT2D eigenvalue weighted by molar-refractivity contribution is 6.06. The van der Waals surface area contributed by atoms with E-state index in [1.54, 1.807) is 24.3 Å². The van der Waals surface area contributed by atoms with Crippen molar-refractivity contribution in [1.82, 2.24) is 15.0 Å². The molecule has 0 bridgehead atoms. The van der Waals surface area contributed by atoms with Crippen molar-refractivity contribution in [2.45, 2.75) is 26.7 Å². The SMILES string of the molecule is CCc1nc2ccc(C(=O)Nc3ncccc3O)cc2nc1CC. The number of carbonyl (C=O) groups is 1. The Morgan fingerprint density at radius 1 is 1.08 bits per heavy atom. The minimum atomic E-state index is -0.356. The van der Waals surface area contributed by atoms with Gasteiger partial charge in [-0.2, -0.15) is 0 Å². The van der Waals surface area contributed by atoms with Crippen molar-refractivity contribution in [2.24, 2.45) is 0 Å². The molecule has 24 heavy (non-hydrogen) atoms. The van der Waals surface area contributed by atoms with Crippen LogP contribution >= 0.6 is 0 Å². The Kier molecular flexibility index (Phi) is 4.37. The van der Waals surface area contributed by atoms with Gasteiger partial charge in [0.15, 0.2) is 11.6 Å². The maximum Gasteiger partial charge on any atom is 0.256 e. The van der Waals surface area contributed by atoms with E-state index >= 15 is 0 Å². The van der Waals surface area contributed by atoms with Crippen molar-refractivity contribution < 1.29 is 9.90 Å². The number of benzene rings is 1. The summed E-state index contributed by atoms with van der Waals surface area (Å²) >= 11 is 0. The molecule has 6 nitrogen and oxygen atoms in total. The fourth-order valence-electron chi connectivity index (χ4n) is 2.51. The van der Waals surface area contributed by atoms with Crippen molar-refractivity contribution >= 4 is 22.8 Å². The average Bonchev–Trinajstić information content (AvgIpc) is 2.61. The molecule has 0 aliphatic rings.